The van der Waals surface area contributed by atoms with Crippen molar-refractivity contribution in [2.45, 2.75) is 31.4 Å². The minimum absolute atomic E-state index is 0.0822. The first-order valence-corrected chi connectivity index (χ1v) is 10.0. The first-order chi connectivity index (χ1) is 14.4. The average Bonchev–Trinajstić information content (AvgIpc) is 3.00. The van der Waals surface area contributed by atoms with Crippen LogP contribution in [0.25, 0.3) is 0 Å². The third-order valence-electron chi connectivity index (χ3n) is 5.76. The fourth-order valence-electron chi connectivity index (χ4n) is 4.05. The molecule has 0 radical (unpaired) electrons. The van der Waals surface area contributed by atoms with E-state index in [2.05, 4.69) is 30.0 Å². The molecular formula is C21H30F3N3O4. The second kappa shape index (κ2) is 9.86. The van der Waals surface area contributed by atoms with Crippen molar-refractivity contribution in [2.75, 3.05) is 58.9 Å². The second-order valence-corrected chi connectivity index (χ2v) is 8.20. The zero-order chi connectivity index (χ0) is 23.4. The van der Waals surface area contributed by atoms with Gasteiger partial charge in [-0.2, -0.15) is 13.2 Å². The number of anilines is 1. The zero-order valence-corrected chi connectivity index (χ0v) is 18.3. The Labute approximate surface area is 180 Å². The SMILES string of the molecule is COCCN1CCC2(CC1)CN(C(=O)N(C)C)c1ccc(C)cc12.O=C(O)C(F)(F)F. The molecule has 1 aromatic rings. The van der Waals surface area contributed by atoms with Gasteiger partial charge >= 0.3 is 18.2 Å². The molecule has 7 nitrogen and oxygen atoms in total. The van der Waals surface area contributed by atoms with Crippen molar-refractivity contribution >= 4 is 17.7 Å². The number of halogens is 3. The lowest BCUT2D eigenvalue weighted by Crippen LogP contribution is -2.48. The number of rotatable bonds is 3. The number of likely N-dealkylation sites (tertiary alicyclic amines) is 1. The number of aliphatic carboxylic acids is 1. The van der Waals surface area contributed by atoms with E-state index >= 15 is 0 Å². The molecule has 0 atom stereocenters. The molecule has 3 rings (SSSR count). The van der Waals surface area contributed by atoms with Crippen LogP contribution >= 0.6 is 0 Å². The van der Waals surface area contributed by atoms with Crippen LogP contribution in [0, 0.1) is 6.92 Å². The largest absolute Gasteiger partial charge is 0.490 e. The van der Waals surface area contributed by atoms with Gasteiger partial charge in [0.2, 0.25) is 0 Å². The summed E-state index contributed by atoms with van der Waals surface area (Å²) in [5.41, 5.74) is 3.85. The van der Waals surface area contributed by atoms with Crippen molar-refractivity contribution in [1.82, 2.24) is 9.80 Å². The molecule has 0 unspecified atom stereocenters. The highest BCUT2D eigenvalue weighted by atomic mass is 19.4. The fraction of sp³-hybridized carbons (Fsp3) is 0.619. The number of carboxylic acids is 1. The van der Waals surface area contributed by atoms with Crippen LogP contribution in [-0.4, -0.2) is 87.1 Å². The number of nitrogens with zero attached hydrogens (tertiary/aromatic N) is 3. The maximum atomic E-state index is 12.6. The number of fused-ring (bicyclic) bond motifs is 2. The molecule has 1 N–H and O–H groups in total. The number of aryl methyl sites for hydroxylation is 1. The number of benzene rings is 1. The summed E-state index contributed by atoms with van der Waals surface area (Å²) >= 11 is 0. The van der Waals surface area contributed by atoms with E-state index in [0.717, 1.165) is 51.3 Å². The number of urea groups is 1. The van der Waals surface area contributed by atoms with Gasteiger partial charge in [0.1, 0.15) is 0 Å². The lowest BCUT2D eigenvalue weighted by Gasteiger charge is -2.40. The highest BCUT2D eigenvalue weighted by Crippen LogP contribution is 2.47. The molecular weight excluding hydrogens is 415 g/mol. The number of alkyl halides is 3. The maximum absolute atomic E-state index is 12.6. The number of piperidine rings is 1. The molecule has 2 aliphatic heterocycles. The summed E-state index contributed by atoms with van der Waals surface area (Å²) in [5, 5.41) is 7.12. The molecule has 2 heterocycles. The van der Waals surface area contributed by atoms with E-state index < -0.39 is 12.1 Å². The summed E-state index contributed by atoms with van der Waals surface area (Å²) in [4.78, 5) is 27.7. The fourth-order valence-corrected chi connectivity index (χ4v) is 4.05. The van der Waals surface area contributed by atoms with Crippen molar-refractivity contribution in [3.8, 4) is 0 Å². The highest BCUT2D eigenvalue weighted by molar-refractivity contribution is 5.95. The van der Waals surface area contributed by atoms with Crippen molar-refractivity contribution in [3.63, 3.8) is 0 Å². The third-order valence-corrected chi connectivity index (χ3v) is 5.76. The molecule has 0 aliphatic carbocycles. The van der Waals surface area contributed by atoms with Crippen molar-refractivity contribution in [1.29, 1.82) is 0 Å². The summed E-state index contributed by atoms with van der Waals surface area (Å²) in [6.45, 7) is 6.86. The van der Waals surface area contributed by atoms with Gasteiger partial charge in [-0.1, -0.05) is 17.7 Å². The highest BCUT2D eigenvalue weighted by Gasteiger charge is 2.46. The number of carbonyl (C=O) groups is 2. The van der Waals surface area contributed by atoms with Gasteiger partial charge in [-0.05, 0) is 44.5 Å². The predicted molar refractivity (Wildman–Crippen MR) is 111 cm³/mol. The number of hydrogen-bond acceptors (Lipinski definition) is 4. The normalized spacial score (nSPS) is 17.7. The van der Waals surface area contributed by atoms with Crippen LogP contribution in [0.4, 0.5) is 23.7 Å². The number of carbonyl (C=O) groups excluding carboxylic acids is 1. The molecule has 174 valence electrons. The molecule has 0 bridgehead atoms. The van der Waals surface area contributed by atoms with Crippen molar-refractivity contribution < 1.29 is 32.6 Å². The van der Waals surface area contributed by atoms with Crippen molar-refractivity contribution in [3.05, 3.63) is 29.3 Å². The monoisotopic (exact) mass is 445 g/mol. The van der Waals surface area contributed by atoms with Gasteiger partial charge in [-0.25, -0.2) is 9.59 Å². The molecule has 1 saturated heterocycles. The zero-order valence-electron chi connectivity index (χ0n) is 18.3. The molecule has 1 spiro atoms. The van der Waals surface area contributed by atoms with Crippen molar-refractivity contribution in [2.24, 2.45) is 0 Å². The molecule has 1 aromatic carbocycles. The summed E-state index contributed by atoms with van der Waals surface area (Å²) in [6, 6.07) is 6.61. The Bertz CT molecular complexity index is 791. The third kappa shape index (κ3) is 5.88. The minimum Gasteiger partial charge on any atom is -0.475 e. The average molecular weight is 445 g/mol. The van der Waals surface area contributed by atoms with E-state index in [4.69, 9.17) is 14.6 Å². The van der Waals surface area contributed by atoms with Crippen LogP contribution in [0.5, 0.6) is 0 Å². The van der Waals surface area contributed by atoms with E-state index in [1.54, 1.807) is 12.0 Å². The first-order valence-electron chi connectivity index (χ1n) is 10.0. The van der Waals surface area contributed by atoms with Crippen LogP contribution in [-0.2, 0) is 14.9 Å². The Kier molecular flexibility index (Phi) is 7.93. The lowest BCUT2D eigenvalue weighted by molar-refractivity contribution is -0.192. The van der Waals surface area contributed by atoms with Crippen LogP contribution in [0.2, 0.25) is 0 Å². The molecule has 10 heteroatoms. The maximum Gasteiger partial charge on any atom is 0.490 e. The van der Waals surface area contributed by atoms with E-state index in [1.807, 2.05) is 19.0 Å². The number of methoxy groups -OCH3 is 1. The predicted octanol–water partition coefficient (Wildman–Crippen LogP) is 3.11. The standard InChI is InChI=1S/C19H29N3O2.C2HF3O2/c1-15-5-6-17-16(13-15)19(14-22(17)18(23)20(2)3)7-9-21(10-8-19)11-12-24-4;3-2(4,5)1(6)7/h5-6,13H,7-12,14H2,1-4H3;(H,6,7). The van der Waals surface area contributed by atoms with Crippen LogP contribution < -0.4 is 4.90 Å². The van der Waals surface area contributed by atoms with Crippen LogP contribution in [0.3, 0.4) is 0 Å². The topological polar surface area (TPSA) is 73.3 Å². The van der Waals surface area contributed by atoms with Crippen LogP contribution in [0.15, 0.2) is 18.2 Å². The van der Waals surface area contributed by atoms with E-state index in [0.29, 0.717) is 0 Å². The quantitative estimate of drug-likeness (QED) is 0.774. The molecule has 0 aromatic heterocycles. The lowest BCUT2D eigenvalue weighted by atomic mass is 9.74. The smallest absolute Gasteiger partial charge is 0.475 e. The molecule has 2 amide bonds. The van der Waals surface area contributed by atoms with Gasteiger partial charge in [0.15, 0.2) is 0 Å². The Morgan fingerprint density at radius 2 is 1.81 bits per heavy atom. The summed E-state index contributed by atoms with van der Waals surface area (Å²) in [5.74, 6) is -2.76. The second-order valence-electron chi connectivity index (χ2n) is 8.20. The summed E-state index contributed by atoms with van der Waals surface area (Å²) in [6.07, 6.45) is -2.88. The van der Waals surface area contributed by atoms with E-state index in [-0.39, 0.29) is 11.4 Å². The van der Waals surface area contributed by atoms with Gasteiger partial charge in [0.05, 0.1) is 6.61 Å². The first kappa shape index (κ1) is 24.9. The number of ether oxygens (including phenoxy) is 1. The van der Waals surface area contributed by atoms with E-state index in [1.165, 1.54) is 11.1 Å². The Morgan fingerprint density at radius 3 is 2.29 bits per heavy atom. The number of hydrogen-bond donors (Lipinski definition) is 1. The summed E-state index contributed by atoms with van der Waals surface area (Å²) in [7, 11) is 5.41. The Hall–Kier alpha value is -2.33. The van der Waals surface area contributed by atoms with Gasteiger partial charge in [0, 0.05) is 45.4 Å². The molecule has 31 heavy (non-hydrogen) atoms. The Morgan fingerprint density at radius 1 is 1.23 bits per heavy atom. The molecule has 0 saturated carbocycles. The van der Waals surface area contributed by atoms with Gasteiger partial charge in [-0.3, -0.25) is 4.90 Å². The number of amides is 2. The van der Waals surface area contributed by atoms with Gasteiger partial charge < -0.3 is 19.6 Å². The van der Waals surface area contributed by atoms with Crippen LogP contribution in [0.1, 0.15) is 24.0 Å². The van der Waals surface area contributed by atoms with Gasteiger partial charge in [0.25, 0.3) is 0 Å². The Balaban J connectivity index is 0.000000423. The molecule has 1 fully saturated rings. The number of carboxylic acid groups (broad SMARTS) is 1. The summed E-state index contributed by atoms with van der Waals surface area (Å²) < 4.78 is 36.9. The minimum atomic E-state index is -5.08. The molecule has 2 aliphatic rings. The van der Waals surface area contributed by atoms with Gasteiger partial charge in [-0.15, -0.1) is 0 Å². The van der Waals surface area contributed by atoms with E-state index in [9.17, 15) is 18.0 Å².